The monoisotopic (exact) mass is 312 g/mol. The number of aromatic nitrogens is 4. The second kappa shape index (κ2) is 5.67. The molecule has 1 N–H and O–H groups in total. The fourth-order valence-corrected chi connectivity index (χ4v) is 2.10. The van der Waals surface area contributed by atoms with Crippen LogP contribution in [0.25, 0.3) is 5.32 Å². The molecule has 1 heterocycles. The average molecular weight is 313 g/mol. The maximum atomic E-state index is 5.25. The number of nitrogens with one attached hydrogen (secondary N) is 1. The van der Waals surface area contributed by atoms with Gasteiger partial charge in [0.15, 0.2) is 11.5 Å². The second-order valence-corrected chi connectivity index (χ2v) is 4.20. The molecule has 0 radical (unpaired) electrons. The summed E-state index contributed by atoms with van der Waals surface area (Å²) in [6, 6.07) is 3.76. The van der Waals surface area contributed by atoms with E-state index in [4.69, 9.17) is 9.47 Å². The molecule has 2 aromatic rings. The van der Waals surface area contributed by atoms with Crippen LogP contribution in [0.4, 0.5) is 5.95 Å². The van der Waals surface area contributed by atoms with E-state index in [9.17, 15) is 0 Å². The van der Waals surface area contributed by atoms with Crippen molar-refractivity contribution in [1.29, 1.82) is 0 Å². The van der Waals surface area contributed by atoms with Crippen LogP contribution in [0.5, 0.6) is 11.5 Å². The highest BCUT2D eigenvalue weighted by Gasteiger charge is 2.09. The minimum absolute atomic E-state index is 0.320. The van der Waals surface area contributed by atoms with Gasteiger partial charge in [-0.15, -0.1) is 5.21 Å². The Morgan fingerprint density at radius 1 is 1.33 bits per heavy atom. The van der Waals surface area contributed by atoms with Gasteiger partial charge >= 0.3 is 0 Å². The molecule has 0 aliphatic carbocycles. The molecule has 0 spiro atoms. The second-order valence-electron chi connectivity index (χ2n) is 3.34. The van der Waals surface area contributed by atoms with Crippen molar-refractivity contribution in [2.75, 3.05) is 14.2 Å². The summed E-state index contributed by atoms with van der Waals surface area (Å²) in [7, 11) is 3.18. The molecule has 96 valence electrons. The molecule has 0 atom stereocenters. The number of rotatable bonds is 5. The van der Waals surface area contributed by atoms with E-state index in [0.717, 1.165) is 10.0 Å². The smallest absolute Gasteiger partial charge is 0.174 e. The number of benzene rings is 1. The Balaban J connectivity index is 2.16. The Kier molecular flexibility index (Phi) is 3.98. The summed E-state index contributed by atoms with van der Waals surface area (Å²) in [5.41, 5.74) is 0.948. The van der Waals surface area contributed by atoms with E-state index < -0.39 is 0 Å². The molecule has 0 fully saturated rings. The highest BCUT2D eigenvalue weighted by Crippen LogP contribution is 2.36. The van der Waals surface area contributed by atoms with Gasteiger partial charge in [0.2, 0.25) is 0 Å². The zero-order valence-electron chi connectivity index (χ0n) is 9.85. The van der Waals surface area contributed by atoms with Gasteiger partial charge in [0.05, 0.1) is 24.6 Å². The fraction of sp³-hybridized carbons (Fsp3) is 0.300. The van der Waals surface area contributed by atoms with Crippen molar-refractivity contribution < 1.29 is 9.47 Å². The summed E-state index contributed by atoms with van der Waals surface area (Å²) in [6.45, 7) is 0.429. The molecule has 0 unspecified atom stereocenters. The predicted octanol–water partition coefficient (Wildman–Crippen LogP) is 2.18. The van der Waals surface area contributed by atoms with E-state index in [1.165, 1.54) is 0 Å². The van der Waals surface area contributed by atoms with Gasteiger partial charge in [-0.25, -0.2) is 0 Å². The Morgan fingerprint density at radius 3 is 2.78 bits per heavy atom. The Hall–Kier alpha value is -1.83. The fourth-order valence-electron chi connectivity index (χ4n) is 1.45. The van der Waals surface area contributed by atoms with E-state index in [-0.39, 0.29) is 0 Å². The summed E-state index contributed by atoms with van der Waals surface area (Å²) in [6.07, 6.45) is 0. The number of aromatic amines is 1. The molecule has 8 heteroatoms. The number of hydrogen-bond donors (Lipinski definition) is 1. The lowest BCUT2D eigenvalue weighted by atomic mass is 10.2. The first-order valence-corrected chi connectivity index (χ1v) is 5.85. The molecule has 0 bridgehead atoms. The highest BCUT2D eigenvalue weighted by atomic mass is 79.9. The predicted molar refractivity (Wildman–Crippen MR) is 68.1 cm³/mol. The van der Waals surface area contributed by atoms with Crippen LogP contribution in [0.15, 0.2) is 16.6 Å². The van der Waals surface area contributed by atoms with E-state index >= 15 is 0 Å². The van der Waals surface area contributed by atoms with Crippen LogP contribution in [0.3, 0.4) is 0 Å². The van der Waals surface area contributed by atoms with Gasteiger partial charge < -0.3 is 14.8 Å². The van der Waals surface area contributed by atoms with Crippen molar-refractivity contribution >= 4 is 21.9 Å². The third kappa shape index (κ3) is 2.70. The highest BCUT2D eigenvalue weighted by molar-refractivity contribution is 9.10. The quantitative estimate of drug-likeness (QED) is 0.914. The van der Waals surface area contributed by atoms with Crippen molar-refractivity contribution in [3.8, 4) is 11.5 Å². The molecule has 1 aromatic heterocycles. The van der Waals surface area contributed by atoms with Crippen molar-refractivity contribution in [2.45, 2.75) is 6.54 Å². The number of ether oxygens (including phenoxy) is 2. The number of hydrogen-bond acceptors (Lipinski definition) is 5. The van der Waals surface area contributed by atoms with E-state index in [2.05, 4.69) is 41.9 Å². The molecule has 0 amide bonds. The first kappa shape index (κ1) is 12.6. The zero-order valence-corrected chi connectivity index (χ0v) is 11.4. The van der Waals surface area contributed by atoms with Crippen LogP contribution in [0.1, 0.15) is 5.56 Å². The first-order chi connectivity index (χ1) is 8.74. The van der Waals surface area contributed by atoms with Gasteiger partial charge in [-0.2, -0.15) is 0 Å². The average Bonchev–Trinajstić information content (AvgIpc) is 2.88. The molecule has 7 nitrogen and oxygen atoms in total. The van der Waals surface area contributed by atoms with Crippen LogP contribution in [0.2, 0.25) is 0 Å². The summed E-state index contributed by atoms with van der Waals surface area (Å²) in [5, 5.41) is 17.4. The number of methoxy groups -OCH3 is 2. The number of nitrogens with zero attached hydrogens (tertiary/aromatic N) is 4. The maximum Gasteiger partial charge on any atom is 0.174 e. The van der Waals surface area contributed by atoms with Gasteiger partial charge in [-0.1, -0.05) is 0 Å². The molecular formula is C10H11BrN5O2-. The Morgan fingerprint density at radius 2 is 2.17 bits per heavy atom. The van der Waals surface area contributed by atoms with Crippen LogP contribution in [-0.4, -0.2) is 34.8 Å². The lowest BCUT2D eigenvalue weighted by molar-refractivity contribution is 0.352. The lowest BCUT2D eigenvalue weighted by Gasteiger charge is -2.13. The normalized spacial score (nSPS) is 10.2. The van der Waals surface area contributed by atoms with E-state index in [1.807, 2.05) is 12.1 Å². The number of H-pyrrole nitrogens is 1. The largest absolute Gasteiger partial charge is 0.493 e. The van der Waals surface area contributed by atoms with Gasteiger partial charge in [0, 0.05) is 6.54 Å². The van der Waals surface area contributed by atoms with Gasteiger partial charge in [-0.05, 0) is 33.6 Å². The lowest BCUT2D eigenvalue weighted by Crippen LogP contribution is -1.94. The van der Waals surface area contributed by atoms with Crippen LogP contribution >= 0.6 is 15.9 Å². The summed E-state index contributed by atoms with van der Waals surface area (Å²) < 4.78 is 11.3. The maximum absolute atomic E-state index is 5.25. The van der Waals surface area contributed by atoms with Crippen LogP contribution in [0, 0.1) is 0 Å². The molecule has 2 rings (SSSR count). The van der Waals surface area contributed by atoms with Crippen molar-refractivity contribution in [3.05, 3.63) is 27.5 Å². The van der Waals surface area contributed by atoms with E-state index in [1.54, 1.807) is 14.2 Å². The molecule has 0 aliphatic heterocycles. The Labute approximate surface area is 112 Å². The third-order valence-corrected chi connectivity index (χ3v) is 2.82. The third-order valence-electron chi connectivity index (χ3n) is 2.23. The van der Waals surface area contributed by atoms with Gasteiger partial charge in [-0.3, -0.25) is 15.4 Å². The summed E-state index contributed by atoms with van der Waals surface area (Å²) in [5.74, 6) is 1.62. The van der Waals surface area contributed by atoms with Crippen LogP contribution < -0.4 is 9.47 Å². The molecule has 0 aliphatic rings. The molecular weight excluding hydrogens is 302 g/mol. The topological polar surface area (TPSA) is 87.0 Å². The van der Waals surface area contributed by atoms with Crippen LogP contribution in [-0.2, 0) is 6.54 Å². The number of halogens is 1. The van der Waals surface area contributed by atoms with Gasteiger partial charge in [0.25, 0.3) is 0 Å². The zero-order chi connectivity index (χ0) is 13.0. The summed E-state index contributed by atoms with van der Waals surface area (Å²) in [4.78, 5) is 0. The van der Waals surface area contributed by atoms with Gasteiger partial charge in [0.1, 0.15) is 0 Å². The first-order valence-electron chi connectivity index (χ1n) is 5.06. The number of tetrazole rings is 1. The molecule has 1 aromatic carbocycles. The molecule has 18 heavy (non-hydrogen) atoms. The van der Waals surface area contributed by atoms with Crippen molar-refractivity contribution in [1.82, 2.24) is 20.6 Å². The summed E-state index contributed by atoms with van der Waals surface area (Å²) >= 11 is 3.42. The minimum atomic E-state index is 0.320. The molecule has 0 saturated heterocycles. The standard InChI is InChI=1S/C10H11BrN5O2/c1-17-8-4-6(3-7(11)9(8)18-2)5-12-10-13-15-16-14-10/h3-4H,5H2,1-2H3,(H-,12,13,14,15,16)/q-1. The van der Waals surface area contributed by atoms with E-state index in [0.29, 0.717) is 24.0 Å². The SMILES string of the molecule is COc1cc(C[N-]c2nn[nH]n2)cc(Br)c1OC. The van der Waals surface area contributed by atoms with Crippen molar-refractivity contribution in [2.24, 2.45) is 0 Å². The van der Waals surface area contributed by atoms with Crippen molar-refractivity contribution in [3.63, 3.8) is 0 Å². The Bertz CT molecular complexity index is 517. The molecule has 0 saturated carbocycles. The minimum Gasteiger partial charge on any atom is -0.493 e.